The summed E-state index contributed by atoms with van der Waals surface area (Å²) in [5, 5.41) is 0. The van der Waals surface area contributed by atoms with Crippen molar-refractivity contribution < 1.29 is 9.13 Å². The Kier molecular flexibility index (Phi) is 4.22. The minimum absolute atomic E-state index is 0.195. The average molecular weight is 301 g/mol. The zero-order chi connectivity index (χ0) is 16.5. The van der Waals surface area contributed by atoms with Crippen molar-refractivity contribution in [3.63, 3.8) is 0 Å². The Morgan fingerprint density at radius 1 is 1.27 bits per heavy atom. The molecule has 3 nitrogen and oxygen atoms in total. The molecule has 0 spiro atoms. The molecule has 116 valence electrons. The molecule has 0 aliphatic heterocycles. The molecule has 0 saturated carbocycles. The molecule has 4 heteroatoms. The highest BCUT2D eigenvalue weighted by molar-refractivity contribution is 5.72. The maximum absolute atomic E-state index is 13.5. The van der Waals surface area contributed by atoms with Crippen LogP contribution in [0.3, 0.4) is 0 Å². The van der Waals surface area contributed by atoms with Crippen LogP contribution in [0.2, 0.25) is 0 Å². The van der Waals surface area contributed by atoms with Gasteiger partial charge in [-0.25, -0.2) is 4.39 Å². The lowest BCUT2D eigenvalue weighted by Gasteiger charge is -2.24. The highest BCUT2D eigenvalue weighted by atomic mass is 19.1. The molecule has 0 fully saturated rings. The van der Waals surface area contributed by atoms with E-state index in [0.717, 1.165) is 23.1 Å². The van der Waals surface area contributed by atoms with Gasteiger partial charge in [0, 0.05) is 22.9 Å². The number of hydrogen-bond donors (Lipinski definition) is 1. The summed E-state index contributed by atoms with van der Waals surface area (Å²) in [6, 6.07) is 4.89. The molecule has 0 saturated heterocycles. The van der Waals surface area contributed by atoms with Crippen LogP contribution in [0.1, 0.15) is 31.9 Å². The fourth-order valence-corrected chi connectivity index (χ4v) is 2.42. The molecule has 0 aliphatic rings. The molecular weight excluding hydrogens is 281 g/mol. The third kappa shape index (κ3) is 2.96. The van der Waals surface area contributed by atoms with Crippen LogP contribution in [-0.2, 0) is 5.41 Å². The Morgan fingerprint density at radius 2 is 1.95 bits per heavy atom. The molecule has 0 aliphatic carbocycles. The Morgan fingerprint density at radius 3 is 2.50 bits per heavy atom. The molecular formula is C18H20FNO2. The van der Waals surface area contributed by atoms with E-state index >= 15 is 0 Å². The van der Waals surface area contributed by atoms with E-state index in [2.05, 4.69) is 32.3 Å². The molecule has 1 aromatic heterocycles. The summed E-state index contributed by atoms with van der Waals surface area (Å²) in [6.45, 7) is 9.96. The van der Waals surface area contributed by atoms with Gasteiger partial charge in [0.2, 0.25) is 0 Å². The number of nitrogens with one attached hydrogen (secondary N) is 1. The number of aromatic amines is 1. The molecule has 2 aromatic rings. The summed E-state index contributed by atoms with van der Waals surface area (Å²) in [6.07, 6.45) is 2.72. The summed E-state index contributed by atoms with van der Waals surface area (Å²) in [4.78, 5) is 14.4. The molecule has 0 amide bonds. The van der Waals surface area contributed by atoms with Gasteiger partial charge in [-0.05, 0) is 29.2 Å². The molecule has 2 rings (SSSR count). The number of H-pyrrole nitrogens is 1. The zero-order valence-corrected chi connectivity index (χ0v) is 13.3. The molecule has 0 bridgehead atoms. The van der Waals surface area contributed by atoms with Crippen LogP contribution in [-0.4, -0.2) is 12.1 Å². The van der Waals surface area contributed by atoms with Crippen molar-refractivity contribution in [2.45, 2.75) is 26.2 Å². The molecule has 1 N–H and O–H groups in total. The van der Waals surface area contributed by atoms with Crippen LogP contribution in [0.4, 0.5) is 4.39 Å². The smallest absolute Gasteiger partial charge is 0.256 e. The van der Waals surface area contributed by atoms with Gasteiger partial charge in [0.15, 0.2) is 0 Å². The lowest BCUT2D eigenvalue weighted by Crippen LogP contribution is -2.15. The number of halogens is 1. The van der Waals surface area contributed by atoms with Gasteiger partial charge in [0.1, 0.15) is 11.6 Å². The molecule has 22 heavy (non-hydrogen) atoms. The van der Waals surface area contributed by atoms with Crippen LogP contribution in [0, 0.1) is 5.82 Å². The van der Waals surface area contributed by atoms with Crippen molar-refractivity contribution in [3.05, 3.63) is 58.3 Å². The van der Waals surface area contributed by atoms with Crippen molar-refractivity contribution in [2.24, 2.45) is 0 Å². The number of hydrogen-bond acceptors (Lipinski definition) is 2. The number of methoxy groups -OCH3 is 1. The van der Waals surface area contributed by atoms with E-state index in [0.29, 0.717) is 5.56 Å². The Hall–Kier alpha value is -2.36. The summed E-state index contributed by atoms with van der Waals surface area (Å²) >= 11 is 0. The summed E-state index contributed by atoms with van der Waals surface area (Å²) < 4.78 is 19.0. The highest BCUT2D eigenvalue weighted by Gasteiger charge is 2.22. The minimum Gasteiger partial charge on any atom is -0.496 e. The Labute approximate surface area is 129 Å². The SMILES string of the molecule is C=Cc1cc(-c2cc(F)c[nH]c2=O)cc(C(C)(C)C)c1OC. The first-order valence-corrected chi connectivity index (χ1v) is 7.01. The first-order chi connectivity index (χ1) is 10.3. The van der Waals surface area contributed by atoms with E-state index in [1.807, 2.05) is 6.07 Å². The normalized spacial score (nSPS) is 11.3. The third-order valence-corrected chi connectivity index (χ3v) is 3.53. The number of aromatic nitrogens is 1. The van der Waals surface area contributed by atoms with Gasteiger partial charge in [-0.15, -0.1) is 0 Å². The van der Waals surface area contributed by atoms with Gasteiger partial charge in [-0.1, -0.05) is 33.4 Å². The topological polar surface area (TPSA) is 42.1 Å². The fraction of sp³-hybridized carbons (Fsp3) is 0.278. The van der Waals surface area contributed by atoms with Crippen LogP contribution in [0.5, 0.6) is 5.75 Å². The van der Waals surface area contributed by atoms with Gasteiger partial charge in [-0.3, -0.25) is 4.79 Å². The van der Waals surface area contributed by atoms with Gasteiger partial charge < -0.3 is 9.72 Å². The summed E-state index contributed by atoms with van der Waals surface area (Å²) in [5.74, 6) is 0.238. The average Bonchev–Trinajstić information content (AvgIpc) is 2.47. The maximum atomic E-state index is 13.5. The first kappa shape index (κ1) is 16.0. The first-order valence-electron chi connectivity index (χ1n) is 7.01. The molecule has 0 unspecified atom stereocenters. The van der Waals surface area contributed by atoms with Gasteiger partial charge in [-0.2, -0.15) is 0 Å². The van der Waals surface area contributed by atoms with Gasteiger partial charge >= 0.3 is 0 Å². The second-order valence-electron chi connectivity index (χ2n) is 6.16. The Balaban J connectivity index is 2.81. The predicted octanol–water partition coefficient (Wildman–Crippen LogP) is 4.13. The molecule has 0 atom stereocenters. The van der Waals surface area contributed by atoms with Gasteiger partial charge in [0.25, 0.3) is 5.56 Å². The van der Waals surface area contributed by atoms with E-state index in [9.17, 15) is 9.18 Å². The minimum atomic E-state index is -0.483. The third-order valence-electron chi connectivity index (χ3n) is 3.53. The highest BCUT2D eigenvalue weighted by Crippen LogP contribution is 2.37. The van der Waals surface area contributed by atoms with Crippen LogP contribution >= 0.6 is 0 Å². The second-order valence-corrected chi connectivity index (χ2v) is 6.16. The number of rotatable bonds is 3. The predicted molar refractivity (Wildman–Crippen MR) is 87.8 cm³/mol. The van der Waals surface area contributed by atoms with Crippen molar-refractivity contribution in [1.82, 2.24) is 4.98 Å². The lowest BCUT2D eigenvalue weighted by molar-refractivity contribution is 0.397. The quantitative estimate of drug-likeness (QED) is 0.926. The molecule has 1 aromatic carbocycles. The largest absolute Gasteiger partial charge is 0.496 e. The molecule has 1 heterocycles. The van der Waals surface area contributed by atoms with Crippen molar-refractivity contribution >= 4 is 6.08 Å². The summed E-state index contributed by atoms with van der Waals surface area (Å²) in [7, 11) is 1.60. The van der Waals surface area contributed by atoms with Crippen LogP contribution in [0.25, 0.3) is 17.2 Å². The second kappa shape index (κ2) is 5.79. The summed E-state index contributed by atoms with van der Waals surface area (Å²) in [5.41, 5.74) is 2.11. The number of benzene rings is 1. The molecule has 0 radical (unpaired) electrons. The lowest BCUT2D eigenvalue weighted by atomic mass is 9.83. The van der Waals surface area contributed by atoms with E-state index in [1.165, 1.54) is 6.07 Å². The van der Waals surface area contributed by atoms with E-state index in [1.54, 1.807) is 19.3 Å². The van der Waals surface area contributed by atoms with Crippen molar-refractivity contribution in [1.29, 1.82) is 0 Å². The van der Waals surface area contributed by atoms with Crippen molar-refractivity contribution in [2.75, 3.05) is 7.11 Å². The fourth-order valence-electron chi connectivity index (χ4n) is 2.42. The van der Waals surface area contributed by atoms with E-state index < -0.39 is 5.82 Å². The zero-order valence-electron chi connectivity index (χ0n) is 13.3. The van der Waals surface area contributed by atoms with Crippen LogP contribution < -0.4 is 10.3 Å². The van der Waals surface area contributed by atoms with Crippen LogP contribution in [0.15, 0.2) is 35.8 Å². The van der Waals surface area contributed by atoms with E-state index in [-0.39, 0.29) is 16.5 Å². The standard InChI is InChI=1S/C18H20FNO2/c1-6-11-7-12(14-9-13(19)10-20-17(14)21)8-15(16(11)22-5)18(2,3)4/h6-10H,1H2,2-5H3,(H,20,21). The van der Waals surface area contributed by atoms with Gasteiger partial charge in [0.05, 0.1) is 7.11 Å². The Bertz CT molecular complexity index is 770. The monoisotopic (exact) mass is 301 g/mol. The number of ether oxygens (including phenoxy) is 1. The maximum Gasteiger partial charge on any atom is 0.256 e. The van der Waals surface area contributed by atoms with Crippen molar-refractivity contribution in [3.8, 4) is 16.9 Å². The number of pyridine rings is 1. The van der Waals surface area contributed by atoms with E-state index in [4.69, 9.17) is 4.74 Å².